The summed E-state index contributed by atoms with van der Waals surface area (Å²) >= 11 is 12.0. The second-order valence-corrected chi connectivity index (χ2v) is 5.73. The van der Waals surface area contributed by atoms with Crippen LogP contribution in [0.15, 0.2) is 58.4 Å². The molecule has 0 saturated carbocycles. The molecule has 0 spiro atoms. The van der Waals surface area contributed by atoms with E-state index in [9.17, 15) is 0 Å². The number of hydrogen-bond donors (Lipinski definition) is 0. The van der Waals surface area contributed by atoms with Gasteiger partial charge in [-0.25, -0.2) is 0 Å². The van der Waals surface area contributed by atoms with E-state index < -0.39 is 0 Å². The van der Waals surface area contributed by atoms with Gasteiger partial charge in [0.15, 0.2) is 5.71 Å². The van der Waals surface area contributed by atoms with Crippen molar-refractivity contribution in [1.29, 1.82) is 0 Å². The first kappa shape index (κ1) is 17.3. The molecule has 1 heterocycles. The Morgan fingerprint density at radius 3 is 2.76 bits per heavy atom. The van der Waals surface area contributed by atoms with Gasteiger partial charge in [0.1, 0.15) is 19.5 Å². The van der Waals surface area contributed by atoms with Gasteiger partial charge in [0.2, 0.25) is 6.39 Å². The van der Waals surface area contributed by atoms with E-state index in [0.29, 0.717) is 21.5 Å². The molecule has 3 rings (SSSR count). The molecule has 0 amide bonds. The molecule has 0 radical (unpaired) electrons. The number of nitrogens with zero attached hydrogens (tertiary/aromatic N) is 3. The maximum Gasteiger partial charge on any atom is 0.270 e. The Bertz CT molecular complexity index is 883. The summed E-state index contributed by atoms with van der Waals surface area (Å²) in [4.78, 5) is 4.92. The first-order valence-electron chi connectivity index (χ1n) is 7.23. The zero-order chi connectivity index (χ0) is 17.6. The van der Waals surface area contributed by atoms with Gasteiger partial charge in [-0.2, -0.15) is 0 Å². The fourth-order valence-electron chi connectivity index (χ4n) is 2.20. The third-order valence-electron chi connectivity index (χ3n) is 3.29. The fourth-order valence-corrected chi connectivity index (χ4v) is 2.66. The molecule has 0 atom stereocenters. The summed E-state index contributed by atoms with van der Waals surface area (Å²) in [6.07, 6.45) is 1.23. The summed E-state index contributed by atoms with van der Waals surface area (Å²) in [6, 6.07) is 12.6. The van der Waals surface area contributed by atoms with Gasteiger partial charge in [-0.1, -0.05) is 52.6 Å². The van der Waals surface area contributed by atoms with Crippen LogP contribution in [0.25, 0.3) is 0 Å². The number of benzene rings is 2. The molecule has 0 aliphatic rings. The molecule has 128 valence electrons. The van der Waals surface area contributed by atoms with Crippen LogP contribution in [0, 0.1) is 0 Å². The standard InChI is InChI=1S/C17H13Cl2N3O3/c1-23-22-16(17-21-20-10-25-17)13-5-3-2-4-11(13)9-24-15-7-6-12(18)8-14(15)19/h2-8,10H,9H2,1H3/b22-16-. The second-order valence-electron chi connectivity index (χ2n) is 4.89. The van der Waals surface area contributed by atoms with E-state index in [4.69, 9.17) is 37.2 Å². The third-order valence-corrected chi connectivity index (χ3v) is 3.83. The molecule has 0 unspecified atom stereocenters. The quantitative estimate of drug-likeness (QED) is 0.471. The van der Waals surface area contributed by atoms with Crippen LogP contribution >= 0.6 is 23.2 Å². The number of rotatable bonds is 6. The van der Waals surface area contributed by atoms with Gasteiger partial charge in [0.25, 0.3) is 5.89 Å². The summed E-state index contributed by atoms with van der Waals surface area (Å²) in [5.74, 6) is 0.780. The van der Waals surface area contributed by atoms with Crippen molar-refractivity contribution in [2.45, 2.75) is 6.61 Å². The predicted molar refractivity (Wildman–Crippen MR) is 94.2 cm³/mol. The lowest BCUT2D eigenvalue weighted by molar-refractivity contribution is 0.213. The van der Waals surface area contributed by atoms with Crippen LogP contribution in [0.2, 0.25) is 10.0 Å². The monoisotopic (exact) mass is 377 g/mol. The van der Waals surface area contributed by atoms with Crippen molar-refractivity contribution >= 4 is 28.9 Å². The number of halogens is 2. The Hall–Kier alpha value is -2.57. The smallest absolute Gasteiger partial charge is 0.270 e. The third kappa shape index (κ3) is 4.10. The molecule has 6 nitrogen and oxygen atoms in total. The zero-order valence-corrected chi connectivity index (χ0v) is 14.7. The van der Waals surface area contributed by atoms with Crippen LogP contribution in [0.5, 0.6) is 5.75 Å². The van der Waals surface area contributed by atoms with E-state index in [2.05, 4.69) is 15.4 Å². The van der Waals surface area contributed by atoms with Crippen LogP contribution in [-0.4, -0.2) is 23.0 Å². The molecule has 8 heteroatoms. The maximum absolute atomic E-state index is 6.14. The van der Waals surface area contributed by atoms with Gasteiger partial charge < -0.3 is 14.0 Å². The van der Waals surface area contributed by atoms with Gasteiger partial charge in [-0.15, -0.1) is 10.2 Å². The van der Waals surface area contributed by atoms with Crippen molar-refractivity contribution < 1.29 is 14.0 Å². The number of aromatic nitrogens is 2. The Balaban J connectivity index is 1.89. The zero-order valence-electron chi connectivity index (χ0n) is 13.1. The highest BCUT2D eigenvalue weighted by atomic mass is 35.5. The minimum absolute atomic E-state index is 0.249. The molecular weight excluding hydrogens is 365 g/mol. The van der Waals surface area contributed by atoms with E-state index in [-0.39, 0.29) is 12.5 Å². The first-order chi connectivity index (χ1) is 12.2. The van der Waals surface area contributed by atoms with Crippen LogP contribution in [0.1, 0.15) is 17.0 Å². The minimum atomic E-state index is 0.249. The average molecular weight is 378 g/mol. The lowest BCUT2D eigenvalue weighted by atomic mass is 10.0. The topological polar surface area (TPSA) is 69.7 Å². The van der Waals surface area contributed by atoms with Crippen LogP contribution < -0.4 is 4.74 Å². The van der Waals surface area contributed by atoms with Gasteiger partial charge in [-0.3, -0.25) is 0 Å². The van der Waals surface area contributed by atoms with Crippen molar-refractivity contribution in [2.24, 2.45) is 5.16 Å². The molecular formula is C17H13Cl2N3O3. The molecule has 0 fully saturated rings. The molecule has 0 aliphatic carbocycles. The van der Waals surface area contributed by atoms with E-state index in [1.807, 2.05) is 24.3 Å². The molecule has 0 bridgehead atoms. The van der Waals surface area contributed by atoms with E-state index in [1.54, 1.807) is 18.2 Å². The van der Waals surface area contributed by atoms with E-state index in [1.165, 1.54) is 13.5 Å². The maximum atomic E-state index is 6.14. The number of hydrogen-bond acceptors (Lipinski definition) is 6. The highest BCUT2D eigenvalue weighted by Gasteiger charge is 2.17. The lowest BCUT2D eigenvalue weighted by Gasteiger charge is -2.12. The van der Waals surface area contributed by atoms with Crippen LogP contribution in [0.4, 0.5) is 0 Å². The van der Waals surface area contributed by atoms with Crippen molar-refractivity contribution in [2.75, 3.05) is 7.11 Å². The molecule has 2 aromatic carbocycles. The molecule has 3 aromatic rings. The molecule has 0 aliphatic heterocycles. The highest BCUT2D eigenvalue weighted by molar-refractivity contribution is 6.35. The number of oxime groups is 1. The average Bonchev–Trinajstić information content (AvgIpc) is 3.14. The van der Waals surface area contributed by atoms with E-state index in [0.717, 1.165) is 11.1 Å². The summed E-state index contributed by atoms with van der Waals surface area (Å²) in [5, 5.41) is 12.6. The second kappa shape index (κ2) is 8.00. The molecule has 0 saturated heterocycles. The lowest BCUT2D eigenvalue weighted by Crippen LogP contribution is -2.10. The van der Waals surface area contributed by atoms with Gasteiger partial charge in [0, 0.05) is 10.6 Å². The van der Waals surface area contributed by atoms with Gasteiger partial charge in [-0.05, 0) is 23.8 Å². The molecule has 0 N–H and O–H groups in total. The Kier molecular flexibility index (Phi) is 5.53. The van der Waals surface area contributed by atoms with Crippen molar-refractivity contribution in [3.8, 4) is 5.75 Å². The predicted octanol–water partition coefficient (Wildman–Crippen LogP) is 4.35. The summed E-state index contributed by atoms with van der Waals surface area (Å²) in [6.45, 7) is 0.258. The van der Waals surface area contributed by atoms with Crippen LogP contribution in [-0.2, 0) is 11.4 Å². The fraction of sp³-hybridized carbons (Fsp3) is 0.118. The SMILES string of the molecule is CO/N=C(\c1nnco1)c1ccccc1COc1ccc(Cl)cc1Cl. The Labute approximate surface area is 154 Å². The van der Waals surface area contributed by atoms with E-state index >= 15 is 0 Å². The minimum Gasteiger partial charge on any atom is -0.487 e. The normalized spacial score (nSPS) is 11.4. The summed E-state index contributed by atoms with van der Waals surface area (Å²) < 4.78 is 11.1. The largest absolute Gasteiger partial charge is 0.487 e. The van der Waals surface area contributed by atoms with Crippen molar-refractivity contribution in [1.82, 2.24) is 10.2 Å². The summed E-state index contributed by atoms with van der Waals surface area (Å²) in [7, 11) is 1.45. The van der Waals surface area contributed by atoms with Gasteiger partial charge >= 0.3 is 0 Å². The number of ether oxygens (including phenoxy) is 1. The Morgan fingerprint density at radius 2 is 2.04 bits per heavy atom. The molecule has 1 aromatic heterocycles. The van der Waals surface area contributed by atoms with Crippen molar-refractivity contribution in [3.05, 3.63) is 75.9 Å². The highest BCUT2D eigenvalue weighted by Crippen LogP contribution is 2.28. The Morgan fingerprint density at radius 1 is 1.20 bits per heavy atom. The first-order valence-corrected chi connectivity index (χ1v) is 7.98. The summed E-state index contributed by atoms with van der Waals surface area (Å²) in [5.41, 5.74) is 2.02. The van der Waals surface area contributed by atoms with Crippen LogP contribution in [0.3, 0.4) is 0 Å². The van der Waals surface area contributed by atoms with Gasteiger partial charge in [0.05, 0.1) is 5.02 Å². The molecule has 25 heavy (non-hydrogen) atoms. The van der Waals surface area contributed by atoms with Crippen molar-refractivity contribution in [3.63, 3.8) is 0 Å².